The fourth-order valence-corrected chi connectivity index (χ4v) is 6.00. The van der Waals surface area contributed by atoms with E-state index >= 15 is 0 Å². The number of carbonyl (C=O) groups is 1. The molecule has 1 atom stereocenters. The van der Waals surface area contributed by atoms with Gasteiger partial charge in [-0.25, -0.2) is 4.98 Å². The van der Waals surface area contributed by atoms with Gasteiger partial charge in [-0.2, -0.15) is 0 Å². The number of carbonyl (C=O) groups excluding carboxylic acids is 1. The number of pyridine rings is 1. The van der Waals surface area contributed by atoms with E-state index < -0.39 is 0 Å². The van der Waals surface area contributed by atoms with Crippen LogP contribution in [0.1, 0.15) is 38.3 Å². The van der Waals surface area contributed by atoms with E-state index in [1.807, 2.05) is 43.7 Å². The van der Waals surface area contributed by atoms with Gasteiger partial charge in [0.05, 0.1) is 22.9 Å². The van der Waals surface area contributed by atoms with E-state index in [1.165, 1.54) is 5.56 Å². The quantitative estimate of drug-likeness (QED) is 0.266. The lowest BCUT2D eigenvalue weighted by atomic mass is 9.86. The number of aromatic nitrogens is 3. The van der Waals surface area contributed by atoms with E-state index in [-0.39, 0.29) is 23.7 Å². The highest BCUT2D eigenvalue weighted by molar-refractivity contribution is 6.06. The summed E-state index contributed by atoms with van der Waals surface area (Å²) in [5, 5.41) is 15.7. The van der Waals surface area contributed by atoms with Crippen LogP contribution >= 0.6 is 0 Å². The topological polar surface area (TPSA) is 81.3 Å². The molecule has 2 aromatic carbocycles. The Morgan fingerprint density at radius 3 is 2.56 bits per heavy atom. The minimum Gasteiger partial charge on any atom is -0.492 e. The summed E-state index contributed by atoms with van der Waals surface area (Å²) in [4.78, 5) is 16.9. The Labute approximate surface area is 228 Å². The van der Waals surface area contributed by atoms with Gasteiger partial charge in [-0.1, -0.05) is 50.2 Å². The molecule has 0 saturated carbocycles. The first-order valence-electron chi connectivity index (χ1n) is 13.6. The lowest BCUT2D eigenvalue weighted by Gasteiger charge is -2.34. The van der Waals surface area contributed by atoms with Crippen LogP contribution in [0.25, 0.3) is 33.1 Å². The van der Waals surface area contributed by atoms with Crippen molar-refractivity contribution in [2.45, 2.75) is 32.7 Å². The molecule has 1 aliphatic rings. The maximum atomic E-state index is 12.8. The van der Waals surface area contributed by atoms with Crippen LogP contribution in [0.4, 0.5) is 5.69 Å². The van der Waals surface area contributed by atoms with Gasteiger partial charge in [0.15, 0.2) is 0 Å². The largest absolute Gasteiger partial charge is 0.492 e. The molecule has 1 aliphatic heterocycles. The Bertz CT molecular complexity index is 1640. The second kappa shape index (κ2) is 10.2. The third-order valence-electron chi connectivity index (χ3n) is 7.94. The summed E-state index contributed by atoms with van der Waals surface area (Å²) < 4.78 is 10.1. The van der Waals surface area contributed by atoms with Gasteiger partial charge in [-0.15, -0.1) is 0 Å². The molecule has 0 spiro atoms. The lowest BCUT2D eigenvalue weighted by molar-refractivity contribution is -0.118. The highest BCUT2D eigenvalue weighted by Crippen LogP contribution is 2.44. The Morgan fingerprint density at radius 2 is 1.82 bits per heavy atom. The van der Waals surface area contributed by atoms with E-state index in [2.05, 4.69) is 63.5 Å². The van der Waals surface area contributed by atoms with Crippen LogP contribution in [0, 0.1) is 11.8 Å². The van der Waals surface area contributed by atoms with Crippen molar-refractivity contribution in [1.82, 2.24) is 14.1 Å². The highest BCUT2D eigenvalue weighted by atomic mass is 16.5. The summed E-state index contributed by atoms with van der Waals surface area (Å²) in [6, 6.07) is 21.0. The van der Waals surface area contributed by atoms with Crippen LogP contribution in [-0.4, -0.2) is 38.3 Å². The molecule has 0 aliphatic carbocycles. The minimum absolute atomic E-state index is 0.0119. The van der Waals surface area contributed by atoms with Gasteiger partial charge in [0.25, 0.3) is 0 Å². The predicted octanol–water partition coefficient (Wildman–Crippen LogP) is 6.51. The molecule has 6 rings (SSSR count). The van der Waals surface area contributed by atoms with Crippen LogP contribution in [0.15, 0.2) is 73.1 Å². The van der Waals surface area contributed by atoms with Crippen molar-refractivity contribution in [3.05, 3.63) is 78.6 Å². The molecule has 3 aromatic heterocycles. The molecule has 0 radical (unpaired) electrons. The van der Waals surface area contributed by atoms with Crippen LogP contribution in [0.2, 0.25) is 0 Å². The van der Waals surface area contributed by atoms with Gasteiger partial charge in [0.2, 0.25) is 11.8 Å². The summed E-state index contributed by atoms with van der Waals surface area (Å²) in [7, 11) is 1.93. The molecular weight excluding hydrogens is 488 g/mol. The molecule has 5 aromatic rings. The Morgan fingerprint density at radius 1 is 1.05 bits per heavy atom. The number of hydrogen-bond acceptors (Lipinski definition) is 4. The number of benzene rings is 2. The van der Waals surface area contributed by atoms with Gasteiger partial charge in [-0.05, 0) is 48.6 Å². The van der Waals surface area contributed by atoms with Gasteiger partial charge in [-0.3, -0.25) is 4.79 Å². The zero-order chi connectivity index (χ0) is 27.1. The van der Waals surface area contributed by atoms with Crippen LogP contribution in [-0.2, 0) is 16.6 Å². The first kappa shape index (κ1) is 25.2. The summed E-state index contributed by atoms with van der Waals surface area (Å²) in [6.07, 6.45) is 5.64. The number of nitrogens with zero attached hydrogens (tertiary/aromatic N) is 3. The standard InChI is InChI=1S/C32H34N4O3/c1-20(2)31(37)34-26-10-7-11-27-24(26)18-28(25-19-35(3)30-23(25)12-15-33-32(30)38)36(27)29(21-8-5-4-6-9-21)22-13-16-39-17-14-22/h4-12,15,18-20,22,29H,13-14,16-17H2,1-3H3,(H,33,38)(H,34,37). The number of aryl methyl sites for hydroxylation is 1. The summed E-state index contributed by atoms with van der Waals surface area (Å²) >= 11 is 0. The van der Waals surface area contributed by atoms with Crippen LogP contribution in [0.3, 0.4) is 0 Å². The third-order valence-corrected chi connectivity index (χ3v) is 7.94. The number of ether oxygens (including phenoxy) is 1. The zero-order valence-electron chi connectivity index (χ0n) is 22.6. The van der Waals surface area contributed by atoms with Crippen molar-refractivity contribution in [3.8, 4) is 17.1 Å². The highest BCUT2D eigenvalue weighted by Gasteiger charge is 2.31. The van der Waals surface area contributed by atoms with Crippen molar-refractivity contribution in [3.63, 3.8) is 0 Å². The Hall–Kier alpha value is -4.10. The zero-order valence-corrected chi connectivity index (χ0v) is 22.6. The summed E-state index contributed by atoms with van der Waals surface area (Å²) in [5.74, 6) is 0.240. The fraction of sp³-hybridized carbons (Fsp3) is 0.312. The van der Waals surface area contributed by atoms with Gasteiger partial charge in [0, 0.05) is 54.9 Å². The molecular formula is C32H34N4O3. The van der Waals surface area contributed by atoms with Crippen molar-refractivity contribution < 1.29 is 14.6 Å². The van der Waals surface area contributed by atoms with E-state index in [4.69, 9.17) is 4.74 Å². The molecule has 1 fully saturated rings. The fourth-order valence-electron chi connectivity index (χ4n) is 6.00. The maximum Gasteiger partial charge on any atom is 0.236 e. The van der Waals surface area contributed by atoms with E-state index in [1.54, 1.807) is 6.20 Å². The van der Waals surface area contributed by atoms with Crippen LogP contribution < -0.4 is 5.32 Å². The first-order valence-corrected chi connectivity index (χ1v) is 13.6. The van der Waals surface area contributed by atoms with E-state index in [0.717, 1.165) is 59.3 Å². The molecule has 7 heteroatoms. The molecule has 39 heavy (non-hydrogen) atoms. The van der Waals surface area contributed by atoms with E-state index in [0.29, 0.717) is 11.4 Å². The summed E-state index contributed by atoms with van der Waals surface area (Å²) in [5.41, 5.74) is 5.84. The van der Waals surface area contributed by atoms with Crippen LogP contribution in [0.5, 0.6) is 5.88 Å². The molecule has 0 bridgehead atoms. The monoisotopic (exact) mass is 522 g/mol. The molecule has 1 amide bonds. The van der Waals surface area contributed by atoms with Gasteiger partial charge >= 0.3 is 0 Å². The van der Waals surface area contributed by atoms with Crippen molar-refractivity contribution in [2.24, 2.45) is 18.9 Å². The first-order chi connectivity index (χ1) is 18.9. The number of rotatable bonds is 6. The van der Waals surface area contributed by atoms with Crippen molar-refractivity contribution >= 4 is 33.4 Å². The smallest absolute Gasteiger partial charge is 0.236 e. The van der Waals surface area contributed by atoms with Gasteiger partial charge in [0.1, 0.15) is 5.52 Å². The number of anilines is 1. The lowest BCUT2D eigenvalue weighted by Crippen LogP contribution is -2.27. The number of aromatic hydroxyl groups is 1. The molecule has 200 valence electrons. The maximum absolute atomic E-state index is 12.8. The summed E-state index contributed by atoms with van der Waals surface area (Å²) in [6.45, 7) is 5.29. The second-order valence-corrected chi connectivity index (χ2v) is 10.8. The Kier molecular flexibility index (Phi) is 6.61. The second-order valence-electron chi connectivity index (χ2n) is 10.8. The Balaban J connectivity index is 1.66. The average Bonchev–Trinajstić information content (AvgIpc) is 3.49. The average molecular weight is 523 g/mol. The van der Waals surface area contributed by atoms with Crippen molar-refractivity contribution in [1.29, 1.82) is 0 Å². The number of nitrogens with one attached hydrogen (secondary N) is 1. The SMILES string of the molecule is CC(C)C(=O)Nc1cccc2c1cc(-c1cn(C)c3c(O)nccc13)n2C(c1ccccc1)C1CCOCC1. The third kappa shape index (κ3) is 4.46. The van der Waals surface area contributed by atoms with E-state index in [9.17, 15) is 9.90 Å². The van der Waals surface area contributed by atoms with Gasteiger partial charge < -0.3 is 24.3 Å². The molecule has 1 saturated heterocycles. The molecule has 2 N–H and O–H groups in total. The van der Waals surface area contributed by atoms with Crippen molar-refractivity contribution in [2.75, 3.05) is 18.5 Å². The normalized spacial score (nSPS) is 15.3. The minimum atomic E-state index is -0.130. The predicted molar refractivity (Wildman–Crippen MR) is 155 cm³/mol. The number of hydrogen-bond donors (Lipinski definition) is 2. The molecule has 7 nitrogen and oxygen atoms in total. The molecule has 4 heterocycles. The number of fused-ring (bicyclic) bond motifs is 2. The number of amides is 1. The molecule has 1 unspecified atom stereocenters.